The van der Waals surface area contributed by atoms with Crippen molar-refractivity contribution in [1.82, 2.24) is 20.3 Å². The number of nitrogens with one attached hydrogen (secondary N) is 1. The highest BCUT2D eigenvalue weighted by molar-refractivity contribution is 5.14. The van der Waals surface area contributed by atoms with E-state index in [1.54, 1.807) is 0 Å². The fourth-order valence-corrected chi connectivity index (χ4v) is 2.40. The predicted octanol–water partition coefficient (Wildman–Crippen LogP) is 1.30. The second-order valence-corrected chi connectivity index (χ2v) is 4.92. The van der Waals surface area contributed by atoms with E-state index in [0.717, 1.165) is 31.8 Å². The molecule has 0 saturated carbocycles. The third kappa shape index (κ3) is 2.84. The number of aromatic nitrogens is 3. The maximum Gasteiger partial charge on any atom is 0.0999 e. The van der Waals surface area contributed by atoms with E-state index < -0.39 is 0 Å². The molecule has 1 unspecified atom stereocenters. The summed E-state index contributed by atoms with van der Waals surface area (Å²) in [6.45, 7) is 6.87. The number of hydrogen-bond donors (Lipinski definition) is 1. The summed E-state index contributed by atoms with van der Waals surface area (Å²) in [4.78, 5) is 0. The van der Waals surface area contributed by atoms with Gasteiger partial charge in [-0.25, -0.2) is 4.68 Å². The molecule has 1 aliphatic heterocycles. The molecule has 0 spiro atoms. The van der Waals surface area contributed by atoms with Crippen molar-refractivity contribution in [1.29, 1.82) is 0 Å². The number of rotatable bonds is 5. The summed E-state index contributed by atoms with van der Waals surface area (Å²) in [7, 11) is 1.93. The Morgan fingerprint density at radius 1 is 1.53 bits per heavy atom. The monoisotopic (exact) mass is 238 g/mol. The van der Waals surface area contributed by atoms with Crippen molar-refractivity contribution in [3.8, 4) is 0 Å². The van der Waals surface area contributed by atoms with Gasteiger partial charge in [-0.15, -0.1) is 5.10 Å². The van der Waals surface area contributed by atoms with Crippen LogP contribution in [0.25, 0.3) is 0 Å². The Hall–Kier alpha value is -0.940. The molecule has 0 aromatic carbocycles. The van der Waals surface area contributed by atoms with Gasteiger partial charge in [0.15, 0.2) is 0 Å². The summed E-state index contributed by atoms with van der Waals surface area (Å²) in [6.07, 6.45) is 2.62. The summed E-state index contributed by atoms with van der Waals surface area (Å²) in [6, 6.07) is 0. The number of nitrogens with zero attached hydrogens (tertiary/aromatic N) is 3. The minimum absolute atomic E-state index is 0.316. The number of hydrogen-bond acceptors (Lipinski definition) is 4. The molecule has 0 aliphatic carbocycles. The van der Waals surface area contributed by atoms with Crippen LogP contribution in [0.4, 0.5) is 0 Å². The first-order chi connectivity index (χ1) is 8.22. The lowest BCUT2D eigenvalue weighted by Gasteiger charge is -2.14. The Labute approximate surface area is 103 Å². The zero-order chi connectivity index (χ0) is 12.3. The Balaban J connectivity index is 2.14. The minimum Gasteiger partial charge on any atom is -0.376 e. The molecule has 96 valence electrons. The van der Waals surface area contributed by atoms with Gasteiger partial charge in [-0.2, -0.15) is 0 Å². The molecule has 1 saturated heterocycles. The molecule has 1 atom stereocenters. The van der Waals surface area contributed by atoms with Crippen LogP contribution in [0, 0.1) is 0 Å². The first-order valence-corrected chi connectivity index (χ1v) is 6.40. The first kappa shape index (κ1) is 12.5. The highest BCUT2D eigenvalue weighted by Gasteiger charge is 2.21. The smallest absolute Gasteiger partial charge is 0.0999 e. The van der Waals surface area contributed by atoms with Crippen LogP contribution >= 0.6 is 0 Å². The molecule has 17 heavy (non-hydrogen) atoms. The van der Waals surface area contributed by atoms with Crippen molar-refractivity contribution < 1.29 is 4.74 Å². The molecule has 1 aromatic heterocycles. The highest BCUT2D eigenvalue weighted by atomic mass is 16.5. The van der Waals surface area contributed by atoms with Gasteiger partial charge in [0.2, 0.25) is 0 Å². The van der Waals surface area contributed by atoms with E-state index in [-0.39, 0.29) is 0 Å². The van der Waals surface area contributed by atoms with E-state index in [2.05, 4.69) is 29.5 Å². The standard InChI is InChI=1S/C12H22N4O/c1-9(2)12-11(7-13-3)14-15-16(12)8-10-5-4-6-17-10/h9-10,13H,4-8H2,1-3H3. The summed E-state index contributed by atoms with van der Waals surface area (Å²) in [5.74, 6) is 0.440. The van der Waals surface area contributed by atoms with Crippen molar-refractivity contribution in [3.63, 3.8) is 0 Å². The molecule has 0 amide bonds. The van der Waals surface area contributed by atoms with Crippen LogP contribution in [-0.2, 0) is 17.8 Å². The molecule has 5 heteroatoms. The van der Waals surface area contributed by atoms with Gasteiger partial charge in [0.1, 0.15) is 0 Å². The van der Waals surface area contributed by atoms with Crippen LogP contribution in [0.1, 0.15) is 44.0 Å². The largest absolute Gasteiger partial charge is 0.376 e. The summed E-state index contributed by atoms with van der Waals surface area (Å²) < 4.78 is 7.68. The summed E-state index contributed by atoms with van der Waals surface area (Å²) in [5.41, 5.74) is 2.29. The van der Waals surface area contributed by atoms with Gasteiger partial charge in [0.25, 0.3) is 0 Å². The van der Waals surface area contributed by atoms with Gasteiger partial charge in [0, 0.05) is 13.2 Å². The summed E-state index contributed by atoms with van der Waals surface area (Å²) in [5, 5.41) is 11.7. The molecule has 0 bridgehead atoms. The van der Waals surface area contributed by atoms with E-state index >= 15 is 0 Å². The van der Waals surface area contributed by atoms with Crippen LogP contribution < -0.4 is 5.32 Å². The lowest BCUT2D eigenvalue weighted by Crippen LogP contribution is -2.19. The Bertz CT molecular complexity index is 355. The van der Waals surface area contributed by atoms with Crippen molar-refractivity contribution in [3.05, 3.63) is 11.4 Å². The maximum atomic E-state index is 5.66. The third-order valence-corrected chi connectivity index (χ3v) is 3.14. The van der Waals surface area contributed by atoms with Crippen LogP contribution in [0.2, 0.25) is 0 Å². The van der Waals surface area contributed by atoms with Crippen LogP contribution in [0.15, 0.2) is 0 Å². The van der Waals surface area contributed by atoms with E-state index in [1.807, 2.05) is 11.7 Å². The van der Waals surface area contributed by atoms with Crippen LogP contribution in [-0.4, -0.2) is 34.8 Å². The van der Waals surface area contributed by atoms with Crippen molar-refractivity contribution in [2.75, 3.05) is 13.7 Å². The van der Waals surface area contributed by atoms with Gasteiger partial charge in [-0.3, -0.25) is 0 Å². The zero-order valence-electron chi connectivity index (χ0n) is 10.9. The van der Waals surface area contributed by atoms with Gasteiger partial charge < -0.3 is 10.1 Å². The summed E-state index contributed by atoms with van der Waals surface area (Å²) >= 11 is 0. The second kappa shape index (κ2) is 5.60. The molecule has 1 N–H and O–H groups in total. The van der Waals surface area contributed by atoms with E-state index in [0.29, 0.717) is 12.0 Å². The second-order valence-electron chi connectivity index (χ2n) is 4.92. The zero-order valence-corrected chi connectivity index (χ0v) is 10.9. The highest BCUT2D eigenvalue weighted by Crippen LogP contribution is 2.20. The number of ether oxygens (including phenoxy) is 1. The SMILES string of the molecule is CNCc1nnn(CC2CCCO2)c1C(C)C. The molecular formula is C12H22N4O. The molecule has 0 radical (unpaired) electrons. The average molecular weight is 238 g/mol. The van der Waals surface area contributed by atoms with Gasteiger partial charge >= 0.3 is 0 Å². The van der Waals surface area contributed by atoms with Gasteiger partial charge in [-0.1, -0.05) is 19.1 Å². The Morgan fingerprint density at radius 2 is 2.35 bits per heavy atom. The van der Waals surface area contributed by atoms with E-state index in [1.165, 1.54) is 12.1 Å². The van der Waals surface area contributed by atoms with Crippen molar-refractivity contribution >= 4 is 0 Å². The topological polar surface area (TPSA) is 52.0 Å². The molecule has 5 nitrogen and oxygen atoms in total. The maximum absolute atomic E-state index is 5.66. The molecule has 2 heterocycles. The first-order valence-electron chi connectivity index (χ1n) is 6.40. The molecule has 1 fully saturated rings. The molecule has 1 aliphatic rings. The predicted molar refractivity (Wildman–Crippen MR) is 65.8 cm³/mol. The normalized spacial score (nSPS) is 20.4. The molecular weight excluding hydrogens is 216 g/mol. The molecule has 2 rings (SSSR count). The van der Waals surface area contributed by atoms with Crippen LogP contribution in [0.5, 0.6) is 0 Å². The Kier molecular flexibility index (Phi) is 4.12. The van der Waals surface area contributed by atoms with Gasteiger partial charge in [-0.05, 0) is 25.8 Å². The lowest BCUT2D eigenvalue weighted by atomic mass is 10.1. The quantitative estimate of drug-likeness (QED) is 0.840. The third-order valence-electron chi connectivity index (χ3n) is 3.14. The van der Waals surface area contributed by atoms with Crippen molar-refractivity contribution in [2.45, 2.75) is 51.8 Å². The lowest BCUT2D eigenvalue weighted by molar-refractivity contribution is 0.0925. The van der Waals surface area contributed by atoms with Crippen molar-refractivity contribution in [2.24, 2.45) is 0 Å². The van der Waals surface area contributed by atoms with E-state index in [9.17, 15) is 0 Å². The fourth-order valence-electron chi connectivity index (χ4n) is 2.40. The Morgan fingerprint density at radius 3 is 2.94 bits per heavy atom. The average Bonchev–Trinajstić information content (AvgIpc) is 2.89. The molecule has 1 aromatic rings. The van der Waals surface area contributed by atoms with Gasteiger partial charge in [0.05, 0.1) is 24.0 Å². The van der Waals surface area contributed by atoms with Crippen LogP contribution in [0.3, 0.4) is 0 Å². The van der Waals surface area contributed by atoms with E-state index in [4.69, 9.17) is 4.74 Å². The fraction of sp³-hybridized carbons (Fsp3) is 0.833. The minimum atomic E-state index is 0.316.